The van der Waals surface area contributed by atoms with Crippen molar-refractivity contribution in [3.63, 3.8) is 0 Å². The maximum atomic E-state index is 10.2. The van der Waals surface area contributed by atoms with Crippen LogP contribution < -0.4 is 0 Å². The van der Waals surface area contributed by atoms with Gasteiger partial charge in [0, 0.05) is 0 Å². The van der Waals surface area contributed by atoms with Crippen molar-refractivity contribution in [3.05, 3.63) is 9.66 Å². The van der Waals surface area contributed by atoms with Gasteiger partial charge in [0.15, 0.2) is 0 Å². The summed E-state index contributed by atoms with van der Waals surface area (Å²) >= 11 is 1.81. The maximum absolute atomic E-state index is 10.2. The van der Waals surface area contributed by atoms with Gasteiger partial charge in [0.1, 0.15) is 0 Å². The van der Waals surface area contributed by atoms with Crippen LogP contribution in [0.25, 0.3) is 0 Å². The van der Waals surface area contributed by atoms with Crippen molar-refractivity contribution in [2.24, 2.45) is 5.92 Å². The molecule has 0 heterocycles. The lowest BCUT2D eigenvalue weighted by atomic mass is 10.2. The predicted octanol–water partition coefficient (Wildman–Crippen LogP) is 2.05. The smallest absolute Gasteiger partial charge is 0.341 e. The maximum Gasteiger partial charge on any atom is 0.341 e. The number of carbonyl (C=O) groups is 1. The molecule has 0 radical (unpaired) electrons. The highest BCUT2D eigenvalue weighted by atomic mass is 127. The summed E-state index contributed by atoms with van der Waals surface area (Å²) in [6, 6.07) is 0. The van der Waals surface area contributed by atoms with E-state index in [0.29, 0.717) is 9.50 Å². The Morgan fingerprint density at radius 1 is 1.67 bits per heavy atom. The molecule has 0 fully saturated rings. The van der Waals surface area contributed by atoms with Crippen molar-refractivity contribution in [2.75, 3.05) is 0 Å². The summed E-state index contributed by atoms with van der Waals surface area (Å²) in [6.07, 6.45) is 1.71. The fourth-order valence-corrected chi connectivity index (χ4v) is 1.08. The molecule has 0 aromatic heterocycles. The molecule has 0 aromatic rings. The largest absolute Gasteiger partial charge is 0.477 e. The van der Waals surface area contributed by atoms with Crippen LogP contribution in [0, 0.1) is 5.92 Å². The van der Waals surface area contributed by atoms with E-state index in [-0.39, 0.29) is 0 Å². The number of allylic oxidation sites excluding steroid dienone is 1. The number of aliphatic carboxylic acids is 1. The zero-order valence-electron chi connectivity index (χ0n) is 5.39. The SMILES string of the molecule is CC(C)C=C(I)C(=O)O. The third-order valence-corrected chi connectivity index (χ3v) is 1.50. The van der Waals surface area contributed by atoms with Crippen molar-refractivity contribution in [1.29, 1.82) is 0 Å². The van der Waals surface area contributed by atoms with E-state index >= 15 is 0 Å². The molecule has 0 rings (SSSR count). The van der Waals surface area contributed by atoms with Crippen LogP contribution in [0.4, 0.5) is 0 Å². The first-order valence-electron chi connectivity index (χ1n) is 2.64. The lowest BCUT2D eigenvalue weighted by molar-refractivity contribution is -0.131. The molecule has 0 amide bonds. The predicted molar refractivity (Wildman–Crippen MR) is 44.6 cm³/mol. The molecule has 3 heteroatoms. The van der Waals surface area contributed by atoms with Crippen LogP contribution >= 0.6 is 22.6 Å². The number of hydrogen-bond acceptors (Lipinski definition) is 1. The fourth-order valence-electron chi connectivity index (χ4n) is 0.364. The zero-order chi connectivity index (χ0) is 7.44. The van der Waals surface area contributed by atoms with E-state index in [1.165, 1.54) is 0 Å². The Morgan fingerprint density at radius 3 is 2.22 bits per heavy atom. The van der Waals surface area contributed by atoms with Gasteiger partial charge in [0.05, 0.1) is 3.58 Å². The summed E-state index contributed by atoms with van der Waals surface area (Å²) < 4.78 is 0.391. The topological polar surface area (TPSA) is 37.3 Å². The Bertz CT molecular complexity index is 138. The van der Waals surface area contributed by atoms with Crippen LogP contribution in [0.3, 0.4) is 0 Å². The molecule has 9 heavy (non-hydrogen) atoms. The summed E-state index contributed by atoms with van der Waals surface area (Å²) in [5, 5.41) is 8.36. The standard InChI is InChI=1S/C6H9IO2/c1-4(2)3-5(7)6(8)9/h3-4H,1-2H3,(H,8,9). The van der Waals surface area contributed by atoms with Crippen LogP contribution in [0.2, 0.25) is 0 Å². The van der Waals surface area contributed by atoms with Crippen LogP contribution in [-0.2, 0) is 4.79 Å². The van der Waals surface area contributed by atoms with Crippen molar-refractivity contribution < 1.29 is 9.90 Å². The van der Waals surface area contributed by atoms with Crippen molar-refractivity contribution >= 4 is 28.6 Å². The zero-order valence-corrected chi connectivity index (χ0v) is 7.55. The van der Waals surface area contributed by atoms with Crippen molar-refractivity contribution in [2.45, 2.75) is 13.8 Å². The molecular weight excluding hydrogens is 231 g/mol. The monoisotopic (exact) mass is 240 g/mol. The van der Waals surface area contributed by atoms with Gasteiger partial charge in [-0.1, -0.05) is 19.9 Å². The Hall–Kier alpha value is -0.0600. The fraction of sp³-hybridized carbons (Fsp3) is 0.500. The summed E-state index contributed by atoms with van der Waals surface area (Å²) in [5.74, 6) is -0.530. The second kappa shape index (κ2) is 3.87. The summed E-state index contributed by atoms with van der Waals surface area (Å²) in [6.45, 7) is 3.89. The van der Waals surface area contributed by atoms with Gasteiger partial charge in [-0.15, -0.1) is 0 Å². The van der Waals surface area contributed by atoms with Gasteiger partial charge < -0.3 is 5.11 Å². The third-order valence-electron chi connectivity index (χ3n) is 0.684. The average Bonchev–Trinajstić information content (AvgIpc) is 1.63. The number of carboxylic acids is 1. The first-order valence-corrected chi connectivity index (χ1v) is 3.72. The first-order chi connectivity index (χ1) is 4.04. The molecule has 0 aromatic carbocycles. The van der Waals surface area contributed by atoms with Gasteiger partial charge >= 0.3 is 5.97 Å². The van der Waals surface area contributed by atoms with Gasteiger partial charge in [-0.05, 0) is 28.5 Å². The van der Waals surface area contributed by atoms with Gasteiger partial charge in [-0.25, -0.2) is 4.79 Å². The van der Waals surface area contributed by atoms with E-state index in [4.69, 9.17) is 5.11 Å². The van der Waals surface area contributed by atoms with E-state index in [2.05, 4.69) is 0 Å². The number of rotatable bonds is 2. The molecule has 0 aliphatic heterocycles. The molecule has 0 atom stereocenters. The third kappa shape index (κ3) is 4.44. The van der Waals surface area contributed by atoms with E-state index < -0.39 is 5.97 Å². The van der Waals surface area contributed by atoms with Gasteiger partial charge in [-0.2, -0.15) is 0 Å². The first kappa shape index (κ1) is 8.94. The summed E-state index contributed by atoms with van der Waals surface area (Å²) in [7, 11) is 0. The Balaban J connectivity index is 4.00. The van der Waals surface area contributed by atoms with E-state index in [1.54, 1.807) is 6.08 Å². The van der Waals surface area contributed by atoms with Gasteiger partial charge in [0.2, 0.25) is 0 Å². The second-order valence-electron chi connectivity index (χ2n) is 2.06. The Morgan fingerprint density at radius 2 is 2.11 bits per heavy atom. The van der Waals surface area contributed by atoms with Crippen LogP contribution in [0.5, 0.6) is 0 Å². The molecule has 0 saturated heterocycles. The second-order valence-corrected chi connectivity index (χ2v) is 3.23. The van der Waals surface area contributed by atoms with Gasteiger partial charge in [-0.3, -0.25) is 0 Å². The molecule has 2 nitrogen and oxygen atoms in total. The normalized spacial score (nSPS) is 12.2. The van der Waals surface area contributed by atoms with Crippen molar-refractivity contribution in [1.82, 2.24) is 0 Å². The molecule has 0 bridgehead atoms. The summed E-state index contributed by atoms with van der Waals surface area (Å²) in [5.41, 5.74) is 0. The molecular formula is C6H9IO2. The average molecular weight is 240 g/mol. The minimum atomic E-state index is -0.843. The van der Waals surface area contributed by atoms with Crippen LogP contribution in [-0.4, -0.2) is 11.1 Å². The number of halogens is 1. The minimum absolute atomic E-state index is 0.313. The quantitative estimate of drug-likeness (QED) is 0.592. The molecule has 0 spiro atoms. The van der Waals surface area contributed by atoms with Crippen LogP contribution in [0.1, 0.15) is 13.8 Å². The Kier molecular flexibility index (Phi) is 3.84. The van der Waals surface area contributed by atoms with Crippen LogP contribution in [0.15, 0.2) is 9.66 Å². The molecule has 1 N–H and O–H groups in total. The molecule has 0 aliphatic rings. The minimum Gasteiger partial charge on any atom is -0.477 e. The van der Waals surface area contributed by atoms with Gasteiger partial charge in [0.25, 0.3) is 0 Å². The lowest BCUT2D eigenvalue weighted by Gasteiger charge is -1.93. The molecule has 0 aliphatic carbocycles. The Labute approximate surface area is 68.1 Å². The number of carboxylic acid groups (broad SMARTS) is 1. The highest BCUT2D eigenvalue weighted by Gasteiger charge is 2.00. The van der Waals surface area contributed by atoms with Crippen molar-refractivity contribution in [3.8, 4) is 0 Å². The molecule has 0 saturated carbocycles. The van der Waals surface area contributed by atoms with E-state index in [9.17, 15) is 4.79 Å². The highest BCUT2D eigenvalue weighted by Crippen LogP contribution is 2.09. The number of hydrogen-bond donors (Lipinski definition) is 1. The van der Waals surface area contributed by atoms with E-state index in [1.807, 2.05) is 36.4 Å². The van der Waals surface area contributed by atoms with E-state index in [0.717, 1.165) is 0 Å². The molecule has 52 valence electrons. The lowest BCUT2D eigenvalue weighted by Crippen LogP contribution is -1.94. The summed E-state index contributed by atoms with van der Waals surface area (Å²) in [4.78, 5) is 10.2. The molecule has 0 unspecified atom stereocenters. The highest BCUT2D eigenvalue weighted by molar-refractivity contribution is 14.1.